The fraction of sp³-hybridized carbons (Fsp3) is 0.421. The topological polar surface area (TPSA) is 54.0 Å². The van der Waals surface area contributed by atoms with Gasteiger partial charge in [-0.25, -0.2) is 4.79 Å². The second-order valence-corrected chi connectivity index (χ2v) is 5.24. The zero-order chi connectivity index (χ0) is 20.5. The van der Waals surface area contributed by atoms with E-state index >= 15 is 0 Å². The standard InChI is InChI=1S/C19H21F3O5/c1-5-10-16(15(6-2)26-13-24-3)27-17(23)18(25-4,19(20,21)22)14-11-8-7-9-12-14/h6-9,11-12,15-16H,2,13H2,1,3-4H3/t15-,16-,18?/m1/s1. The number of carbonyl (C=O) groups excluding carboxylic acids is 1. The molecule has 0 heterocycles. The van der Waals surface area contributed by atoms with E-state index in [0.717, 1.165) is 19.2 Å². The van der Waals surface area contributed by atoms with Crippen LogP contribution in [0.1, 0.15) is 12.5 Å². The highest BCUT2D eigenvalue weighted by Gasteiger charge is 2.64. The summed E-state index contributed by atoms with van der Waals surface area (Å²) >= 11 is 0. The first-order valence-corrected chi connectivity index (χ1v) is 7.82. The first kappa shape index (κ1) is 22.7. The first-order chi connectivity index (χ1) is 12.8. The average Bonchev–Trinajstić information content (AvgIpc) is 2.63. The number of methoxy groups -OCH3 is 2. The van der Waals surface area contributed by atoms with E-state index in [4.69, 9.17) is 14.2 Å². The van der Waals surface area contributed by atoms with Crippen LogP contribution in [0.5, 0.6) is 0 Å². The lowest BCUT2D eigenvalue weighted by molar-refractivity contribution is -0.278. The molecular weight excluding hydrogens is 365 g/mol. The number of rotatable bonds is 9. The van der Waals surface area contributed by atoms with Gasteiger partial charge in [0.25, 0.3) is 5.60 Å². The largest absolute Gasteiger partial charge is 0.443 e. The number of hydrogen-bond donors (Lipinski definition) is 0. The molecule has 0 saturated carbocycles. The maximum absolute atomic E-state index is 13.9. The van der Waals surface area contributed by atoms with Gasteiger partial charge in [-0.05, 0) is 6.92 Å². The zero-order valence-electron chi connectivity index (χ0n) is 15.2. The lowest BCUT2D eigenvalue weighted by atomic mass is 9.92. The van der Waals surface area contributed by atoms with Crippen molar-refractivity contribution in [2.75, 3.05) is 21.0 Å². The summed E-state index contributed by atoms with van der Waals surface area (Å²) < 4.78 is 61.5. The summed E-state index contributed by atoms with van der Waals surface area (Å²) in [7, 11) is 2.15. The summed E-state index contributed by atoms with van der Waals surface area (Å²) in [5, 5.41) is 0. The third kappa shape index (κ3) is 5.10. The molecule has 3 atom stereocenters. The Morgan fingerprint density at radius 3 is 2.33 bits per heavy atom. The monoisotopic (exact) mass is 386 g/mol. The summed E-state index contributed by atoms with van der Waals surface area (Å²) in [5.41, 5.74) is -3.73. The van der Waals surface area contributed by atoms with E-state index in [1.165, 1.54) is 38.3 Å². The van der Waals surface area contributed by atoms with Crippen LogP contribution < -0.4 is 0 Å². The van der Waals surface area contributed by atoms with Crippen LogP contribution >= 0.6 is 0 Å². The maximum atomic E-state index is 13.9. The summed E-state index contributed by atoms with van der Waals surface area (Å²) in [6.07, 6.45) is -6.16. The van der Waals surface area contributed by atoms with E-state index in [2.05, 4.69) is 23.2 Å². The third-order valence-electron chi connectivity index (χ3n) is 3.60. The number of esters is 1. The molecule has 1 unspecified atom stereocenters. The Balaban J connectivity index is 3.31. The summed E-state index contributed by atoms with van der Waals surface area (Å²) in [5.74, 6) is 3.34. The lowest BCUT2D eigenvalue weighted by Crippen LogP contribution is -2.53. The second-order valence-electron chi connectivity index (χ2n) is 5.24. The quantitative estimate of drug-likeness (QED) is 0.282. The Hall–Kier alpha value is -2.34. The van der Waals surface area contributed by atoms with Crippen molar-refractivity contribution in [2.45, 2.75) is 30.9 Å². The molecule has 0 spiro atoms. The highest BCUT2D eigenvalue weighted by Crippen LogP contribution is 2.43. The average molecular weight is 386 g/mol. The normalized spacial score (nSPS) is 15.6. The van der Waals surface area contributed by atoms with Gasteiger partial charge in [0.05, 0.1) is 0 Å². The number of alkyl halides is 3. The van der Waals surface area contributed by atoms with Gasteiger partial charge in [0.15, 0.2) is 6.10 Å². The van der Waals surface area contributed by atoms with Crippen molar-refractivity contribution in [3.63, 3.8) is 0 Å². The Kier molecular flexibility index (Phi) is 8.50. The molecule has 0 aromatic heterocycles. The van der Waals surface area contributed by atoms with Crippen LogP contribution in [0, 0.1) is 11.8 Å². The van der Waals surface area contributed by atoms with Crippen molar-refractivity contribution in [1.29, 1.82) is 0 Å². The van der Waals surface area contributed by atoms with Gasteiger partial charge in [-0.1, -0.05) is 42.3 Å². The van der Waals surface area contributed by atoms with Gasteiger partial charge in [-0.3, -0.25) is 0 Å². The molecule has 0 aliphatic heterocycles. The predicted octanol–water partition coefficient (Wildman–Crippen LogP) is 3.20. The second kappa shape index (κ2) is 10.1. The van der Waals surface area contributed by atoms with Crippen molar-refractivity contribution in [2.24, 2.45) is 0 Å². The van der Waals surface area contributed by atoms with Gasteiger partial charge in [0.2, 0.25) is 0 Å². The van der Waals surface area contributed by atoms with E-state index in [1.54, 1.807) is 0 Å². The Morgan fingerprint density at radius 2 is 1.89 bits per heavy atom. The molecule has 0 amide bonds. The number of hydrogen-bond acceptors (Lipinski definition) is 5. The van der Waals surface area contributed by atoms with Crippen LogP contribution in [-0.4, -0.2) is 45.4 Å². The lowest BCUT2D eigenvalue weighted by Gasteiger charge is -2.33. The minimum absolute atomic E-state index is 0.191. The minimum atomic E-state index is -5.08. The van der Waals surface area contributed by atoms with Gasteiger partial charge < -0.3 is 18.9 Å². The number of carbonyl (C=O) groups is 1. The molecule has 5 nitrogen and oxygen atoms in total. The maximum Gasteiger partial charge on any atom is 0.432 e. The Bertz CT molecular complexity index is 678. The minimum Gasteiger partial charge on any atom is -0.443 e. The van der Waals surface area contributed by atoms with Gasteiger partial charge >= 0.3 is 12.1 Å². The fourth-order valence-electron chi connectivity index (χ4n) is 2.33. The van der Waals surface area contributed by atoms with Crippen molar-refractivity contribution < 1.29 is 36.9 Å². The molecule has 1 aromatic carbocycles. The Labute approximate surface area is 156 Å². The molecule has 0 radical (unpaired) electrons. The van der Waals surface area contributed by atoms with Crippen LogP contribution in [0.25, 0.3) is 0 Å². The molecule has 148 valence electrons. The van der Waals surface area contributed by atoms with E-state index in [-0.39, 0.29) is 6.79 Å². The van der Waals surface area contributed by atoms with E-state index < -0.39 is 35.5 Å². The van der Waals surface area contributed by atoms with Gasteiger partial charge in [-0.15, -0.1) is 12.5 Å². The molecule has 0 N–H and O–H groups in total. The van der Waals surface area contributed by atoms with Crippen LogP contribution in [0.3, 0.4) is 0 Å². The van der Waals surface area contributed by atoms with Gasteiger partial charge in [-0.2, -0.15) is 13.2 Å². The van der Waals surface area contributed by atoms with Gasteiger partial charge in [0.1, 0.15) is 12.9 Å². The number of benzene rings is 1. The molecule has 27 heavy (non-hydrogen) atoms. The summed E-state index contributed by atoms with van der Waals surface area (Å²) in [4.78, 5) is 12.7. The van der Waals surface area contributed by atoms with E-state index in [9.17, 15) is 18.0 Å². The van der Waals surface area contributed by atoms with Crippen molar-refractivity contribution >= 4 is 5.97 Å². The fourth-order valence-corrected chi connectivity index (χ4v) is 2.33. The smallest absolute Gasteiger partial charge is 0.432 e. The van der Waals surface area contributed by atoms with Crippen molar-refractivity contribution in [3.8, 4) is 11.8 Å². The van der Waals surface area contributed by atoms with E-state index in [1.807, 2.05) is 0 Å². The molecule has 0 fully saturated rings. The molecule has 8 heteroatoms. The third-order valence-corrected chi connectivity index (χ3v) is 3.60. The molecule has 0 bridgehead atoms. The molecular formula is C19H21F3O5. The molecule has 0 saturated heterocycles. The Morgan fingerprint density at radius 1 is 1.26 bits per heavy atom. The van der Waals surface area contributed by atoms with Crippen molar-refractivity contribution in [1.82, 2.24) is 0 Å². The highest BCUT2D eigenvalue weighted by atomic mass is 19.4. The first-order valence-electron chi connectivity index (χ1n) is 7.82. The van der Waals surface area contributed by atoms with Crippen molar-refractivity contribution in [3.05, 3.63) is 48.6 Å². The van der Waals surface area contributed by atoms with Crippen LogP contribution in [0.2, 0.25) is 0 Å². The molecule has 1 aromatic rings. The van der Waals surface area contributed by atoms with Crippen LogP contribution in [0.15, 0.2) is 43.0 Å². The molecule has 0 aliphatic carbocycles. The zero-order valence-corrected chi connectivity index (χ0v) is 15.2. The number of halogens is 3. The SMILES string of the molecule is C=C[C@@H](OCOC)[C@@H](C#CC)OC(=O)C(OC)(c1ccccc1)C(F)(F)F. The number of ether oxygens (including phenoxy) is 4. The van der Waals surface area contributed by atoms with Crippen LogP contribution in [-0.2, 0) is 29.3 Å². The highest BCUT2D eigenvalue weighted by molar-refractivity contribution is 5.83. The molecule has 0 aliphatic rings. The van der Waals surface area contributed by atoms with Gasteiger partial charge in [0, 0.05) is 19.8 Å². The predicted molar refractivity (Wildman–Crippen MR) is 91.5 cm³/mol. The summed E-state index contributed by atoms with van der Waals surface area (Å²) in [6.45, 7) is 4.78. The summed E-state index contributed by atoms with van der Waals surface area (Å²) in [6, 6.07) is 6.50. The van der Waals surface area contributed by atoms with E-state index in [0.29, 0.717) is 0 Å². The molecule has 1 rings (SSSR count). The van der Waals surface area contributed by atoms with Crippen LogP contribution in [0.4, 0.5) is 13.2 Å².